The van der Waals surface area contributed by atoms with Crippen LogP contribution in [-0.4, -0.2) is 23.8 Å². The number of carbonyl (C=O) groups is 3. The highest BCUT2D eigenvalue weighted by molar-refractivity contribution is 6.22. The standard InChI is InChI=1S/C24H21N3O4/c1-16-7-9-17(10-8-16)23(29)26-25-21-15-22(28)27(24(21)30)18-11-13-20(14-12-18)31-19-5-3-2-4-6-19/h2-14,21,25H,15H2,1H3,(H,26,29). The highest BCUT2D eigenvalue weighted by atomic mass is 16.5. The molecule has 4 rings (SSSR count). The van der Waals surface area contributed by atoms with Crippen molar-refractivity contribution in [2.45, 2.75) is 19.4 Å². The number of carbonyl (C=O) groups excluding carboxylic acids is 3. The van der Waals surface area contributed by atoms with Gasteiger partial charge >= 0.3 is 0 Å². The summed E-state index contributed by atoms with van der Waals surface area (Å²) in [5.74, 6) is 0.141. The zero-order chi connectivity index (χ0) is 21.8. The highest BCUT2D eigenvalue weighted by Crippen LogP contribution is 2.27. The molecule has 0 radical (unpaired) electrons. The van der Waals surface area contributed by atoms with E-state index in [-0.39, 0.29) is 18.2 Å². The zero-order valence-electron chi connectivity index (χ0n) is 16.9. The molecule has 2 N–H and O–H groups in total. The minimum absolute atomic E-state index is 0.0464. The summed E-state index contributed by atoms with van der Waals surface area (Å²) in [7, 11) is 0. The number of nitrogens with zero attached hydrogens (tertiary/aromatic N) is 1. The first-order valence-corrected chi connectivity index (χ1v) is 9.83. The van der Waals surface area contributed by atoms with E-state index < -0.39 is 11.9 Å². The van der Waals surface area contributed by atoms with E-state index in [4.69, 9.17) is 4.74 Å². The smallest absolute Gasteiger partial charge is 0.265 e. The van der Waals surface area contributed by atoms with E-state index in [0.717, 1.165) is 10.5 Å². The van der Waals surface area contributed by atoms with Gasteiger partial charge in [-0.3, -0.25) is 19.8 Å². The second-order valence-electron chi connectivity index (χ2n) is 7.20. The Balaban J connectivity index is 1.38. The summed E-state index contributed by atoms with van der Waals surface area (Å²) in [4.78, 5) is 38.5. The molecule has 156 valence electrons. The van der Waals surface area contributed by atoms with Crippen LogP contribution >= 0.6 is 0 Å². The van der Waals surface area contributed by atoms with Crippen molar-refractivity contribution in [3.63, 3.8) is 0 Å². The quantitative estimate of drug-likeness (QED) is 0.476. The lowest BCUT2D eigenvalue weighted by atomic mass is 10.1. The summed E-state index contributed by atoms with van der Waals surface area (Å²) < 4.78 is 5.74. The van der Waals surface area contributed by atoms with Crippen LogP contribution in [0.5, 0.6) is 11.5 Å². The zero-order valence-corrected chi connectivity index (χ0v) is 16.9. The number of ether oxygens (including phenoxy) is 1. The largest absolute Gasteiger partial charge is 0.457 e. The van der Waals surface area contributed by atoms with Gasteiger partial charge in [-0.25, -0.2) is 10.3 Å². The molecule has 0 saturated carbocycles. The average Bonchev–Trinajstić information content (AvgIpc) is 3.07. The molecule has 1 aliphatic heterocycles. The first-order chi connectivity index (χ1) is 15.0. The molecule has 1 heterocycles. The van der Waals surface area contributed by atoms with Gasteiger partial charge < -0.3 is 4.74 Å². The Kier molecular flexibility index (Phi) is 5.77. The molecule has 1 fully saturated rings. The van der Waals surface area contributed by atoms with Crippen LogP contribution in [0.25, 0.3) is 0 Å². The molecule has 0 bridgehead atoms. The van der Waals surface area contributed by atoms with Crippen LogP contribution in [0.3, 0.4) is 0 Å². The molecule has 7 nitrogen and oxygen atoms in total. The second kappa shape index (κ2) is 8.81. The average molecular weight is 415 g/mol. The summed E-state index contributed by atoms with van der Waals surface area (Å²) in [5.41, 5.74) is 7.14. The first-order valence-electron chi connectivity index (χ1n) is 9.83. The second-order valence-corrected chi connectivity index (χ2v) is 7.20. The number of rotatable bonds is 6. The predicted molar refractivity (Wildman–Crippen MR) is 116 cm³/mol. The lowest BCUT2D eigenvalue weighted by molar-refractivity contribution is -0.121. The van der Waals surface area contributed by atoms with Gasteiger partial charge in [0.15, 0.2) is 0 Å². The van der Waals surface area contributed by atoms with E-state index in [9.17, 15) is 14.4 Å². The van der Waals surface area contributed by atoms with Crippen LogP contribution in [0.2, 0.25) is 0 Å². The monoisotopic (exact) mass is 415 g/mol. The molecule has 0 aromatic heterocycles. The maximum Gasteiger partial charge on any atom is 0.265 e. The number of benzene rings is 3. The molecular weight excluding hydrogens is 394 g/mol. The highest BCUT2D eigenvalue weighted by Gasteiger charge is 2.39. The summed E-state index contributed by atoms with van der Waals surface area (Å²) in [6.45, 7) is 1.93. The number of hydrogen-bond acceptors (Lipinski definition) is 5. The Hall–Kier alpha value is -3.97. The summed E-state index contributed by atoms with van der Waals surface area (Å²) in [5, 5.41) is 0. The molecule has 1 atom stereocenters. The maximum atomic E-state index is 12.7. The van der Waals surface area contributed by atoms with E-state index in [1.807, 2.05) is 49.4 Å². The van der Waals surface area contributed by atoms with Crippen molar-refractivity contribution < 1.29 is 19.1 Å². The number of nitrogens with one attached hydrogen (secondary N) is 2. The lowest BCUT2D eigenvalue weighted by Crippen LogP contribution is -2.48. The van der Waals surface area contributed by atoms with Crippen LogP contribution in [0.15, 0.2) is 78.9 Å². The van der Waals surface area contributed by atoms with Gasteiger partial charge in [0.2, 0.25) is 5.91 Å². The van der Waals surface area contributed by atoms with Gasteiger partial charge in [0.25, 0.3) is 11.8 Å². The van der Waals surface area contributed by atoms with Crippen LogP contribution in [0.1, 0.15) is 22.3 Å². The number of para-hydroxylation sites is 1. The Morgan fingerprint density at radius 1 is 0.903 bits per heavy atom. The van der Waals surface area contributed by atoms with Crippen molar-refractivity contribution in [3.8, 4) is 11.5 Å². The van der Waals surface area contributed by atoms with E-state index in [1.165, 1.54) is 0 Å². The van der Waals surface area contributed by atoms with Crippen LogP contribution < -0.4 is 20.5 Å². The molecular formula is C24H21N3O4. The summed E-state index contributed by atoms with van der Waals surface area (Å²) in [6.07, 6.45) is -0.0464. The van der Waals surface area contributed by atoms with Gasteiger partial charge in [-0.05, 0) is 55.5 Å². The molecule has 1 saturated heterocycles. The molecule has 0 spiro atoms. The van der Waals surface area contributed by atoms with Gasteiger partial charge in [-0.2, -0.15) is 0 Å². The molecule has 31 heavy (non-hydrogen) atoms. The number of imide groups is 1. The third-order valence-electron chi connectivity index (χ3n) is 4.89. The first kappa shape index (κ1) is 20.3. The van der Waals surface area contributed by atoms with E-state index in [2.05, 4.69) is 10.9 Å². The number of anilines is 1. The Labute approximate surface area is 179 Å². The summed E-state index contributed by atoms with van der Waals surface area (Å²) in [6, 6.07) is 22.2. The normalized spacial score (nSPS) is 15.8. The van der Waals surface area contributed by atoms with Crippen molar-refractivity contribution in [1.29, 1.82) is 0 Å². The van der Waals surface area contributed by atoms with Crippen LogP contribution in [0, 0.1) is 6.92 Å². The summed E-state index contributed by atoms with van der Waals surface area (Å²) >= 11 is 0. The van der Waals surface area contributed by atoms with Gasteiger partial charge in [0.1, 0.15) is 17.5 Å². The SMILES string of the molecule is Cc1ccc(C(=O)NNC2CC(=O)N(c3ccc(Oc4ccccc4)cc3)C2=O)cc1. The van der Waals surface area contributed by atoms with E-state index in [0.29, 0.717) is 22.7 Å². The molecule has 0 aliphatic carbocycles. The van der Waals surface area contributed by atoms with Gasteiger partial charge in [-0.15, -0.1) is 0 Å². The molecule has 3 amide bonds. The van der Waals surface area contributed by atoms with Gasteiger partial charge in [0, 0.05) is 5.56 Å². The third kappa shape index (κ3) is 4.62. The van der Waals surface area contributed by atoms with E-state index >= 15 is 0 Å². The van der Waals surface area contributed by atoms with Crippen molar-refractivity contribution in [2.75, 3.05) is 4.90 Å². The van der Waals surface area contributed by atoms with Crippen LogP contribution in [0.4, 0.5) is 5.69 Å². The number of amides is 3. The number of hydrazine groups is 1. The minimum atomic E-state index is -0.831. The number of hydrogen-bond donors (Lipinski definition) is 2. The van der Waals surface area contributed by atoms with Crippen molar-refractivity contribution >= 4 is 23.4 Å². The molecule has 3 aromatic carbocycles. The Morgan fingerprint density at radius 3 is 2.23 bits per heavy atom. The molecule has 3 aromatic rings. The minimum Gasteiger partial charge on any atom is -0.457 e. The predicted octanol–water partition coefficient (Wildman–Crippen LogP) is 3.35. The molecule has 1 aliphatic rings. The van der Waals surface area contributed by atoms with Crippen molar-refractivity contribution in [3.05, 3.63) is 90.0 Å². The van der Waals surface area contributed by atoms with Crippen LogP contribution in [-0.2, 0) is 9.59 Å². The number of aryl methyl sites for hydroxylation is 1. The fraction of sp³-hybridized carbons (Fsp3) is 0.125. The van der Waals surface area contributed by atoms with Gasteiger partial charge in [0.05, 0.1) is 12.1 Å². The van der Waals surface area contributed by atoms with Crippen molar-refractivity contribution in [2.24, 2.45) is 0 Å². The topological polar surface area (TPSA) is 87.7 Å². The fourth-order valence-corrected chi connectivity index (χ4v) is 3.23. The third-order valence-corrected chi connectivity index (χ3v) is 4.89. The molecule has 7 heteroatoms. The van der Waals surface area contributed by atoms with E-state index in [1.54, 1.807) is 36.4 Å². The maximum absolute atomic E-state index is 12.7. The molecule has 1 unspecified atom stereocenters. The Morgan fingerprint density at radius 2 is 1.55 bits per heavy atom. The van der Waals surface area contributed by atoms with Crippen molar-refractivity contribution in [1.82, 2.24) is 10.9 Å². The lowest BCUT2D eigenvalue weighted by Gasteiger charge is -2.16. The van der Waals surface area contributed by atoms with Gasteiger partial charge in [-0.1, -0.05) is 35.9 Å². The Bertz CT molecular complexity index is 1100. The fourth-order valence-electron chi connectivity index (χ4n) is 3.23.